The minimum Gasteiger partial charge on any atom is -0.359 e. The number of aryl methyl sites for hydroxylation is 2. The van der Waals surface area contributed by atoms with Gasteiger partial charge in [0.1, 0.15) is 29.6 Å². The summed E-state index contributed by atoms with van der Waals surface area (Å²) in [5, 5.41) is 17.6. The lowest BCUT2D eigenvalue weighted by atomic mass is 9.93. The van der Waals surface area contributed by atoms with Crippen molar-refractivity contribution < 1.29 is 18.1 Å². The standard InChI is InChI=1S/C35H37F2N9O2/c1-21-12-31-32(13-22(21)2)44(20-38-31)16-25-17-45(42-39-25)18-26-15-30(41-48-26)23-8-10-43(11-9-23)34(47)28-19-46(35(3,4)5)40-33(28)27-7-6-24(36)14-29(27)37/h6-7,12-15,17,19-20,23H,8-11,16,18H2,1-5H3. The monoisotopic (exact) mass is 653 g/mol. The summed E-state index contributed by atoms with van der Waals surface area (Å²) < 4.78 is 39.6. The van der Waals surface area contributed by atoms with Gasteiger partial charge in [0.25, 0.3) is 5.91 Å². The van der Waals surface area contributed by atoms with E-state index in [1.54, 1.807) is 20.5 Å². The third-order valence-corrected chi connectivity index (χ3v) is 9.07. The molecule has 248 valence electrons. The second-order valence-corrected chi connectivity index (χ2v) is 13.6. The molecule has 0 radical (unpaired) electrons. The van der Waals surface area contributed by atoms with Crippen molar-refractivity contribution in [3.63, 3.8) is 0 Å². The Hall–Kier alpha value is -5.20. The van der Waals surface area contributed by atoms with Crippen LogP contribution < -0.4 is 0 Å². The van der Waals surface area contributed by atoms with Crippen molar-refractivity contribution in [3.8, 4) is 11.3 Å². The third kappa shape index (κ3) is 6.12. The summed E-state index contributed by atoms with van der Waals surface area (Å²) in [7, 11) is 0. The van der Waals surface area contributed by atoms with Crippen LogP contribution in [-0.4, -0.2) is 63.4 Å². The molecule has 0 aliphatic carbocycles. The molecular weight excluding hydrogens is 616 g/mol. The van der Waals surface area contributed by atoms with Crippen LogP contribution in [0.3, 0.4) is 0 Å². The Morgan fingerprint density at radius 1 is 1.00 bits per heavy atom. The quantitative estimate of drug-likeness (QED) is 0.200. The Bertz CT molecular complexity index is 2130. The van der Waals surface area contributed by atoms with E-state index >= 15 is 0 Å². The molecule has 0 saturated carbocycles. The molecule has 1 amide bonds. The van der Waals surface area contributed by atoms with E-state index < -0.39 is 17.2 Å². The molecule has 2 aromatic carbocycles. The van der Waals surface area contributed by atoms with E-state index in [-0.39, 0.29) is 28.6 Å². The normalized spacial score (nSPS) is 14.4. The topological polar surface area (TPSA) is 113 Å². The summed E-state index contributed by atoms with van der Waals surface area (Å²) in [5.74, 6) is -0.902. The van der Waals surface area contributed by atoms with Gasteiger partial charge in [-0.05, 0) is 82.9 Å². The molecule has 0 bridgehead atoms. The van der Waals surface area contributed by atoms with Crippen LogP contribution in [-0.2, 0) is 18.6 Å². The van der Waals surface area contributed by atoms with E-state index in [0.717, 1.165) is 28.5 Å². The molecule has 48 heavy (non-hydrogen) atoms. The summed E-state index contributed by atoms with van der Waals surface area (Å²) in [5.41, 5.74) is 6.22. The molecular formula is C35H37F2N9O2. The van der Waals surface area contributed by atoms with Gasteiger partial charge in [0.05, 0.1) is 46.9 Å². The molecule has 4 aromatic heterocycles. The molecule has 11 nitrogen and oxygen atoms in total. The molecule has 5 heterocycles. The first kappa shape index (κ1) is 31.4. The van der Waals surface area contributed by atoms with Gasteiger partial charge >= 0.3 is 0 Å². The highest BCUT2D eigenvalue weighted by Crippen LogP contribution is 2.32. The first-order valence-corrected chi connectivity index (χ1v) is 16.0. The summed E-state index contributed by atoms with van der Waals surface area (Å²) in [6, 6.07) is 9.49. The number of fused-ring (bicyclic) bond motifs is 1. The Morgan fingerprint density at radius 2 is 1.77 bits per heavy atom. The van der Waals surface area contributed by atoms with Crippen LogP contribution in [0.2, 0.25) is 0 Å². The van der Waals surface area contributed by atoms with Gasteiger partial charge in [0.2, 0.25) is 0 Å². The van der Waals surface area contributed by atoms with Crippen LogP contribution in [0.25, 0.3) is 22.3 Å². The van der Waals surface area contributed by atoms with Crippen molar-refractivity contribution in [2.75, 3.05) is 13.1 Å². The highest BCUT2D eigenvalue weighted by atomic mass is 19.1. The summed E-state index contributed by atoms with van der Waals surface area (Å²) in [6.07, 6.45) is 6.76. The number of likely N-dealkylation sites (tertiary alicyclic amines) is 1. The number of nitrogens with zero attached hydrogens (tertiary/aromatic N) is 9. The van der Waals surface area contributed by atoms with E-state index in [2.05, 4.69) is 56.1 Å². The lowest BCUT2D eigenvalue weighted by Gasteiger charge is -2.31. The highest BCUT2D eigenvalue weighted by Gasteiger charge is 2.31. The van der Waals surface area contributed by atoms with Crippen molar-refractivity contribution >= 4 is 16.9 Å². The summed E-state index contributed by atoms with van der Waals surface area (Å²) >= 11 is 0. The van der Waals surface area contributed by atoms with Crippen LogP contribution in [0.5, 0.6) is 0 Å². The van der Waals surface area contributed by atoms with Crippen LogP contribution in [0.15, 0.2) is 59.6 Å². The average molecular weight is 654 g/mol. The second-order valence-electron chi connectivity index (χ2n) is 13.6. The van der Waals surface area contributed by atoms with Crippen molar-refractivity contribution in [3.05, 3.63) is 101 Å². The van der Waals surface area contributed by atoms with Crippen LogP contribution in [0.1, 0.15) is 78.2 Å². The molecule has 1 aliphatic heterocycles. The molecule has 1 saturated heterocycles. The van der Waals surface area contributed by atoms with E-state index in [0.29, 0.717) is 44.8 Å². The number of hydrogen-bond acceptors (Lipinski definition) is 7. The van der Waals surface area contributed by atoms with E-state index in [1.807, 2.05) is 39.4 Å². The molecule has 1 aliphatic rings. The van der Waals surface area contributed by atoms with Gasteiger partial charge in [-0.2, -0.15) is 5.10 Å². The molecule has 0 atom stereocenters. The number of amides is 1. The molecule has 6 aromatic rings. The number of carbonyl (C=O) groups is 1. The Kier molecular flexibility index (Phi) is 7.92. The maximum atomic E-state index is 14.8. The average Bonchev–Trinajstić information content (AvgIpc) is 3.86. The van der Waals surface area contributed by atoms with E-state index in [9.17, 15) is 13.6 Å². The maximum absolute atomic E-state index is 14.8. The summed E-state index contributed by atoms with van der Waals surface area (Å²) in [6.45, 7) is 11.9. The van der Waals surface area contributed by atoms with Crippen LogP contribution >= 0.6 is 0 Å². The van der Waals surface area contributed by atoms with E-state index in [4.69, 9.17) is 4.52 Å². The van der Waals surface area contributed by atoms with Gasteiger partial charge < -0.3 is 14.0 Å². The van der Waals surface area contributed by atoms with Gasteiger partial charge in [0.15, 0.2) is 5.76 Å². The predicted octanol–water partition coefficient (Wildman–Crippen LogP) is 6.25. The molecule has 1 fully saturated rings. The zero-order valence-corrected chi connectivity index (χ0v) is 27.6. The Labute approximate surface area is 276 Å². The molecule has 13 heteroatoms. The number of hydrogen-bond donors (Lipinski definition) is 0. The molecule has 0 spiro atoms. The number of benzene rings is 2. The smallest absolute Gasteiger partial charge is 0.257 e. The Morgan fingerprint density at radius 3 is 2.52 bits per heavy atom. The first-order chi connectivity index (χ1) is 22.9. The van der Waals surface area contributed by atoms with Gasteiger partial charge in [0, 0.05) is 42.9 Å². The second kappa shape index (κ2) is 12.1. The number of imidazole rings is 1. The van der Waals surface area contributed by atoms with Gasteiger partial charge in [-0.25, -0.2) is 18.4 Å². The van der Waals surface area contributed by atoms with Crippen LogP contribution in [0.4, 0.5) is 8.78 Å². The Balaban J connectivity index is 0.997. The highest BCUT2D eigenvalue weighted by molar-refractivity contribution is 6.00. The minimum atomic E-state index is -0.761. The lowest BCUT2D eigenvalue weighted by molar-refractivity contribution is 0.0712. The van der Waals surface area contributed by atoms with E-state index in [1.165, 1.54) is 23.3 Å². The predicted molar refractivity (Wildman–Crippen MR) is 174 cm³/mol. The van der Waals surface area contributed by atoms with Gasteiger partial charge in [-0.1, -0.05) is 10.4 Å². The van der Waals surface area contributed by atoms with Crippen molar-refractivity contribution in [1.82, 2.24) is 44.4 Å². The zero-order chi connectivity index (χ0) is 33.7. The van der Waals surface area contributed by atoms with Crippen LogP contribution in [0, 0.1) is 25.5 Å². The lowest BCUT2D eigenvalue weighted by Crippen LogP contribution is -2.38. The molecule has 7 rings (SSSR count). The number of aromatic nitrogens is 8. The van der Waals surface area contributed by atoms with Crippen molar-refractivity contribution in [2.45, 2.75) is 72.0 Å². The SMILES string of the molecule is Cc1cc2ncn(Cc3cn(Cc4cc(C5CCN(C(=O)c6cn(C(C)(C)C)nc6-c6ccc(F)cc6F)CC5)no4)nn3)c2cc1C. The molecule has 0 N–H and O–H groups in total. The van der Waals surface area contributed by atoms with Crippen molar-refractivity contribution in [1.29, 1.82) is 0 Å². The van der Waals surface area contributed by atoms with Gasteiger partial charge in [-0.15, -0.1) is 5.10 Å². The largest absolute Gasteiger partial charge is 0.359 e. The number of rotatable bonds is 7. The van der Waals surface area contributed by atoms with Crippen molar-refractivity contribution in [2.24, 2.45) is 0 Å². The number of halogens is 2. The number of piperidine rings is 1. The fourth-order valence-corrected chi connectivity index (χ4v) is 6.16. The van der Waals surface area contributed by atoms with Gasteiger partial charge in [-0.3, -0.25) is 9.48 Å². The first-order valence-electron chi connectivity index (χ1n) is 16.0. The fourth-order valence-electron chi connectivity index (χ4n) is 6.16. The maximum Gasteiger partial charge on any atom is 0.257 e. The summed E-state index contributed by atoms with van der Waals surface area (Å²) in [4.78, 5) is 20.1. The zero-order valence-electron chi connectivity index (χ0n) is 27.6. The number of carbonyl (C=O) groups excluding carboxylic acids is 1. The third-order valence-electron chi connectivity index (χ3n) is 9.07. The fraction of sp³-hybridized carbons (Fsp3) is 0.371. The molecule has 0 unspecified atom stereocenters. The minimum absolute atomic E-state index is 0.0904.